The maximum Gasteiger partial charge on any atom is 0.0642 e. The molecule has 0 N–H and O–H groups in total. The Morgan fingerprint density at radius 2 is 2.00 bits per heavy atom. The van der Waals surface area contributed by atoms with Crippen LogP contribution in [0.5, 0.6) is 0 Å². The van der Waals surface area contributed by atoms with E-state index < -0.39 is 0 Å². The van der Waals surface area contributed by atoms with E-state index in [1.807, 2.05) is 12.2 Å². The Balaban J connectivity index is 2.13. The van der Waals surface area contributed by atoms with Gasteiger partial charge >= 0.3 is 0 Å². The van der Waals surface area contributed by atoms with Gasteiger partial charge in [0.05, 0.1) is 5.69 Å². The van der Waals surface area contributed by atoms with Gasteiger partial charge in [0.2, 0.25) is 0 Å². The van der Waals surface area contributed by atoms with Gasteiger partial charge in [-0.05, 0) is 26.2 Å². The molecule has 0 atom stereocenters. The van der Waals surface area contributed by atoms with Crippen LogP contribution >= 0.6 is 0 Å². The fraction of sp³-hybridized carbons (Fsp3) is 0.438. The zero-order valence-electron chi connectivity index (χ0n) is 11.8. The highest BCUT2D eigenvalue weighted by Crippen LogP contribution is 2.39. The van der Waals surface area contributed by atoms with Gasteiger partial charge in [0.25, 0.3) is 0 Å². The monoisotopic (exact) mass is 257 g/mol. The number of aryl methyl sites for hydroxylation is 1. The summed E-state index contributed by atoms with van der Waals surface area (Å²) in [5, 5.41) is 4.41. The third kappa shape index (κ3) is 2.56. The van der Waals surface area contributed by atoms with Crippen LogP contribution < -0.4 is 0 Å². The maximum atomic E-state index is 4.41. The van der Waals surface area contributed by atoms with Crippen molar-refractivity contribution in [1.29, 1.82) is 0 Å². The largest absolute Gasteiger partial charge is 0.293 e. The molecule has 2 rings (SSSR count). The van der Waals surface area contributed by atoms with Gasteiger partial charge in [-0.15, -0.1) is 13.2 Å². The van der Waals surface area contributed by atoms with Crippen LogP contribution in [0.3, 0.4) is 0 Å². The van der Waals surface area contributed by atoms with Gasteiger partial charge < -0.3 is 0 Å². The summed E-state index contributed by atoms with van der Waals surface area (Å²) in [6.45, 7) is 15.7. The Kier molecular flexibility index (Phi) is 4.05. The Bertz CT molecular complexity index is 474. The molecule has 3 heteroatoms. The summed E-state index contributed by atoms with van der Waals surface area (Å²) in [6, 6.07) is 0. The quantitative estimate of drug-likeness (QED) is 0.698. The first kappa shape index (κ1) is 13.8. The molecule has 0 spiro atoms. The van der Waals surface area contributed by atoms with Gasteiger partial charge in [-0.1, -0.05) is 18.7 Å². The maximum absolute atomic E-state index is 4.41. The van der Waals surface area contributed by atoms with Gasteiger partial charge in [-0.2, -0.15) is 5.10 Å². The van der Waals surface area contributed by atoms with Crippen LogP contribution in [0.25, 0.3) is 6.20 Å². The summed E-state index contributed by atoms with van der Waals surface area (Å²) in [5.41, 5.74) is 2.58. The first-order valence-corrected chi connectivity index (χ1v) is 6.79. The first-order chi connectivity index (χ1) is 9.15. The van der Waals surface area contributed by atoms with E-state index in [1.54, 1.807) is 10.9 Å². The first-order valence-electron chi connectivity index (χ1n) is 6.79. The van der Waals surface area contributed by atoms with Gasteiger partial charge in [0.1, 0.15) is 0 Å². The summed E-state index contributed by atoms with van der Waals surface area (Å²) in [5.74, 6) is 0. The van der Waals surface area contributed by atoms with Gasteiger partial charge in [0.15, 0.2) is 0 Å². The average molecular weight is 257 g/mol. The molecular weight excluding hydrogens is 234 g/mol. The fourth-order valence-electron chi connectivity index (χ4n) is 2.89. The van der Waals surface area contributed by atoms with E-state index in [0.29, 0.717) is 0 Å². The number of nitrogens with zero attached hydrogens (tertiary/aromatic N) is 3. The van der Waals surface area contributed by atoms with E-state index in [1.165, 1.54) is 12.0 Å². The number of hydrogen-bond donors (Lipinski definition) is 0. The predicted octanol–water partition coefficient (Wildman–Crippen LogP) is 3.39. The molecule has 1 aliphatic heterocycles. The number of aromatic nitrogens is 2. The highest BCUT2D eigenvalue weighted by molar-refractivity contribution is 5.24. The van der Waals surface area contributed by atoms with Crippen molar-refractivity contribution in [3.63, 3.8) is 0 Å². The normalized spacial score (nSPS) is 17.7. The van der Waals surface area contributed by atoms with E-state index in [4.69, 9.17) is 0 Å². The average Bonchev–Trinajstić information content (AvgIpc) is 2.75. The third-order valence-corrected chi connectivity index (χ3v) is 4.13. The highest BCUT2D eigenvalue weighted by atomic mass is 15.3. The summed E-state index contributed by atoms with van der Waals surface area (Å²) < 4.78 is 1.78. The Hall–Kier alpha value is -1.61. The fourth-order valence-corrected chi connectivity index (χ4v) is 2.89. The third-order valence-electron chi connectivity index (χ3n) is 4.13. The van der Waals surface area contributed by atoms with Crippen LogP contribution in [-0.4, -0.2) is 26.8 Å². The van der Waals surface area contributed by atoms with E-state index in [-0.39, 0.29) is 5.54 Å². The van der Waals surface area contributed by atoms with Gasteiger partial charge in [-0.3, -0.25) is 4.90 Å². The van der Waals surface area contributed by atoms with Crippen molar-refractivity contribution in [2.45, 2.75) is 38.3 Å². The van der Waals surface area contributed by atoms with Crippen molar-refractivity contribution in [3.8, 4) is 0 Å². The zero-order valence-corrected chi connectivity index (χ0v) is 11.8. The van der Waals surface area contributed by atoms with Crippen molar-refractivity contribution in [1.82, 2.24) is 14.7 Å². The van der Waals surface area contributed by atoms with E-state index in [0.717, 1.165) is 31.6 Å². The van der Waals surface area contributed by atoms with Crippen molar-refractivity contribution in [2.24, 2.45) is 0 Å². The summed E-state index contributed by atoms with van der Waals surface area (Å²) in [7, 11) is 0. The van der Waals surface area contributed by atoms with Crippen LogP contribution in [-0.2, 0) is 6.54 Å². The molecule has 102 valence electrons. The molecule has 0 radical (unpaired) electrons. The van der Waals surface area contributed by atoms with E-state index in [2.05, 4.69) is 42.9 Å². The minimum atomic E-state index is 0.228. The van der Waals surface area contributed by atoms with Crippen molar-refractivity contribution in [2.75, 3.05) is 6.54 Å². The Morgan fingerprint density at radius 3 is 2.42 bits per heavy atom. The van der Waals surface area contributed by atoms with Gasteiger partial charge in [-0.25, -0.2) is 4.68 Å². The lowest BCUT2D eigenvalue weighted by Gasteiger charge is -2.52. The Morgan fingerprint density at radius 1 is 1.32 bits per heavy atom. The zero-order chi connectivity index (χ0) is 13.9. The second-order valence-electron chi connectivity index (χ2n) is 5.28. The standard InChI is InChI=1S/C16H23N3/c1-5-8-16(9-6-2)10-11-18(16)12-15-13-19(7-3)17-14(15)4/h5-7,13H,1-3,8-12H2,4H3. The molecule has 1 aromatic heterocycles. The molecule has 1 saturated heterocycles. The number of hydrogen-bond acceptors (Lipinski definition) is 2. The lowest BCUT2D eigenvalue weighted by atomic mass is 9.78. The van der Waals surface area contributed by atoms with E-state index in [9.17, 15) is 0 Å². The molecule has 2 heterocycles. The van der Waals surface area contributed by atoms with Crippen LogP contribution in [0.1, 0.15) is 30.5 Å². The van der Waals surface area contributed by atoms with E-state index >= 15 is 0 Å². The molecule has 1 aliphatic rings. The minimum Gasteiger partial charge on any atom is -0.293 e. The molecule has 0 aliphatic carbocycles. The number of rotatable bonds is 7. The lowest BCUT2D eigenvalue weighted by molar-refractivity contribution is -0.0180. The smallest absolute Gasteiger partial charge is 0.0642 e. The number of likely N-dealkylation sites (tertiary alicyclic amines) is 1. The summed E-state index contributed by atoms with van der Waals surface area (Å²) >= 11 is 0. The van der Waals surface area contributed by atoms with Crippen LogP contribution in [0.4, 0.5) is 0 Å². The summed E-state index contributed by atoms with van der Waals surface area (Å²) in [4.78, 5) is 2.52. The molecule has 0 amide bonds. The topological polar surface area (TPSA) is 21.1 Å². The highest BCUT2D eigenvalue weighted by Gasteiger charge is 2.42. The molecule has 0 saturated carbocycles. The molecular formula is C16H23N3. The molecule has 0 unspecified atom stereocenters. The van der Waals surface area contributed by atoms with Crippen molar-refractivity contribution < 1.29 is 0 Å². The van der Waals surface area contributed by atoms with Crippen LogP contribution in [0.15, 0.2) is 38.1 Å². The lowest BCUT2D eigenvalue weighted by Crippen LogP contribution is -2.58. The van der Waals surface area contributed by atoms with Crippen LogP contribution in [0.2, 0.25) is 0 Å². The molecule has 3 nitrogen and oxygen atoms in total. The molecule has 0 bridgehead atoms. The molecule has 19 heavy (non-hydrogen) atoms. The molecule has 0 aromatic carbocycles. The molecule has 1 aromatic rings. The van der Waals surface area contributed by atoms with Gasteiger partial charge in [0, 0.05) is 36.6 Å². The second kappa shape index (κ2) is 5.57. The van der Waals surface area contributed by atoms with Crippen molar-refractivity contribution >= 4 is 6.20 Å². The molecule has 1 fully saturated rings. The minimum absolute atomic E-state index is 0.228. The Labute approximate surface area is 115 Å². The van der Waals surface area contributed by atoms with Crippen molar-refractivity contribution in [3.05, 3.63) is 49.3 Å². The van der Waals surface area contributed by atoms with Crippen LogP contribution in [0, 0.1) is 6.92 Å². The SMILES string of the molecule is C=CCC1(CC=C)CCN1Cc1cn(C=C)nc1C. The summed E-state index contributed by atoms with van der Waals surface area (Å²) in [6.07, 6.45) is 11.1. The predicted molar refractivity (Wildman–Crippen MR) is 80.7 cm³/mol. The second-order valence-corrected chi connectivity index (χ2v) is 5.28.